The van der Waals surface area contributed by atoms with Crippen molar-refractivity contribution in [3.8, 4) is 0 Å². The van der Waals surface area contributed by atoms with Crippen molar-refractivity contribution in [3.63, 3.8) is 0 Å². The maximum absolute atomic E-state index is 11.4. The Morgan fingerprint density at radius 2 is 2.53 bits per heavy atom. The Kier molecular flexibility index (Phi) is 3.78. The molecule has 0 bridgehead atoms. The molecule has 17 heavy (non-hydrogen) atoms. The topological polar surface area (TPSA) is 56.1 Å². The Morgan fingerprint density at radius 1 is 1.71 bits per heavy atom. The molecule has 0 radical (unpaired) electrons. The molecule has 0 saturated carbocycles. The smallest absolute Gasteiger partial charge is 0.358 e. The van der Waals surface area contributed by atoms with E-state index in [0.717, 1.165) is 25.2 Å². The van der Waals surface area contributed by atoms with Crippen molar-refractivity contribution in [1.29, 1.82) is 0 Å². The Bertz CT molecular complexity index is 394. The molecule has 5 nitrogen and oxygen atoms in total. The fraction of sp³-hybridized carbons (Fsp3) is 0.667. The number of hydrogen-bond acceptors (Lipinski definition) is 4. The number of nitrogens with zero attached hydrogens (tertiary/aromatic N) is 2. The van der Waals surface area contributed by atoms with Crippen LogP contribution in [-0.4, -0.2) is 35.9 Å². The van der Waals surface area contributed by atoms with E-state index in [-0.39, 0.29) is 5.97 Å². The first kappa shape index (κ1) is 12.1. The number of aromatic nitrogens is 2. The first-order valence-electron chi connectivity index (χ1n) is 6.02. The van der Waals surface area contributed by atoms with Gasteiger partial charge in [0, 0.05) is 12.7 Å². The predicted molar refractivity (Wildman–Crippen MR) is 63.8 cm³/mol. The number of carbonyl (C=O) groups excluding carboxylic acids is 1. The van der Waals surface area contributed by atoms with Crippen LogP contribution in [0.5, 0.6) is 0 Å². The van der Waals surface area contributed by atoms with Gasteiger partial charge in [0.1, 0.15) is 0 Å². The van der Waals surface area contributed by atoms with E-state index in [1.165, 1.54) is 20.0 Å². The second-order valence-corrected chi connectivity index (χ2v) is 4.55. The van der Waals surface area contributed by atoms with Crippen molar-refractivity contribution in [3.05, 3.63) is 17.5 Å². The molecule has 1 unspecified atom stereocenters. The third-order valence-corrected chi connectivity index (χ3v) is 3.27. The van der Waals surface area contributed by atoms with Crippen molar-refractivity contribution in [2.75, 3.05) is 20.2 Å². The fourth-order valence-electron chi connectivity index (χ4n) is 2.30. The van der Waals surface area contributed by atoms with Crippen molar-refractivity contribution < 1.29 is 9.53 Å². The summed E-state index contributed by atoms with van der Waals surface area (Å²) in [5.41, 5.74) is 1.49. The van der Waals surface area contributed by atoms with Crippen LogP contribution in [0.3, 0.4) is 0 Å². The number of carbonyl (C=O) groups is 1. The first-order valence-corrected chi connectivity index (χ1v) is 6.02. The molecule has 1 aromatic heterocycles. The number of hydrogen-bond donors (Lipinski definition) is 1. The maximum Gasteiger partial charge on any atom is 0.358 e. The molecule has 0 amide bonds. The summed E-state index contributed by atoms with van der Waals surface area (Å²) in [6, 6.07) is 1.83. The van der Waals surface area contributed by atoms with Gasteiger partial charge in [0.05, 0.1) is 7.11 Å². The highest BCUT2D eigenvalue weighted by atomic mass is 16.5. The third kappa shape index (κ3) is 2.85. The van der Waals surface area contributed by atoms with Crippen LogP contribution in [0.1, 0.15) is 29.0 Å². The maximum atomic E-state index is 11.4. The van der Waals surface area contributed by atoms with Crippen molar-refractivity contribution >= 4 is 5.97 Å². The van der Waals surface area contributed by atoms with Gasteiger partial charge in [-0.3, -0.25) is 4.68 Å². The SMILES string of the molecule is COC(=O)c1cc(CC2CCCNC2)n(C)n1. The van der Waals surface area contributed by atoms with Crippen molar-refractivity contribution in [2.45, 2.75) is 19.3 Å². The minimum Gasteiger partial charge on any atom is -0.464 e. The van der Waals surface area contributed by atoms with Gasteiger partial charge in [-0.2, -0.15) is 5.10 Å². The van der Waals surface area contributed by atoms with Gasteiger partial charge in [0.2, 0.25) is 0 Å². The molecule has 1 aliphatic heterocycles. The first-order chi connectivity index (χ1) is 8.20. The van der Waals surface area contributed by atoms with E-state index in [4.69, 9.17) is 0 Å². The van der Waals surface area contributed by atoms with E-state index in [2.05, 4.69) is 15.2 Å². The number of nitrogens with one attached hydrogen (secondary N) is 1. The highest BCUT2D eigenvalue weighted by Gasteiger charge is 2.18. The molecule has 0 aromatic carbocycles. The molecule has 1 atom stereocenters. The van der Waals surface area contributed by atoms with Crippen LogP contribution in [-0.2, 0) is 18.2 Å². The van der Waals surface area contributed by atoms with Gasteiger partial charge in [-0.25, -0.2) is 4.79 Å². The number of piperidine rings is 1. The number of aryl methyl sites for hydroxylation is 1. The highest BCUT2D eigenvalue weighted by molar-refractivity contribution is 5.87. The summed E-state index contributed by atoms with van der Waals surface area (Å²) in [6.45, 7) is 2.17. The number of ether oxygens (including phenoxy) is 1. The lowest BCUT2D eigenvalue weighted by atomic mass is 9.94. The zero-order chi connectivity index (χ0) is 12.3. The van der Waals surface area contributed by atoms with Crippen LogP contribution in [0, 0.1) is 5.92 Å². The van der Waals surface area contributed by atoms with Gasteiger partial charge in [0.25, 0.3) is 0 Å². The quantitative estimate of drug-likeness (QED) is 0.788. The van der Waals surface area contributed by atoms with Crippen LogP contribution < -0.4 is 5.32 Å². The Labute approximate surface area is 101 Å². The molecule has 1 fully saturated rings. The summed E-state index contributed by atoms with van der Waals surface area (Å²) in [6.07, 6.45) is 3.44. The molecule has 1 aliphatic rings. The summed E-state index contributed by atoms with van der Waals surface area (Å²) in [4.78, 5) is 11.4. The summed E-state index contributed by atoms with van der Waals surface area (Å²) >= 11 is 0. The standard InChI is InChI=1S/C12H19N3O2/c1-15-10(6-9-4-3-5-13-8-9)7-11(14-15)12(16)17-2/h7,9,13H,3-6,8H2,1-2H3. The summed E-state index contributed by atoms with van der Waals surface area (Å²) < 4.78 is 6.45. The molecular weight excluding hydrogens is 218 g/mol. The van der Waals surface area contributed by atoms with Crippen molar-refractivity contribution in [2.24, 2.45) is 13.0 Å². The summed E-state index contributed by atoms with van der Waals surface area (Å²) in [5.74, 6) is 0.276. The van der Waals surface area contributed by atoms with Crippen LogP contribution in [0.15, 0.2) is 6.07 Å². The molecule has 0 spiro atoms. The van der Waals surface area contributed by atoms with Gasteiger partial charge in [0.15, 0.2) is 5.69 Å². The Morgan fingerprint density at radius 3 is 3.18 bits per heavy atom. The zero-order valence-electron chi connectivity index (χ0n) is 10.4. The number of esters is 1. The zero-order valence-corrected chi connectivity index (χ0v) is 10.4. The average molecular weight is 237 g/mol. The minimum absolute atomic E-state index is 0.367. The summed E-state index contributed by atoms with van der Waals surface area (Å²) in [7, 11) is 3.25. The van der Waals surface area contributed by atoms with Crippen LogP contribution in [0.25, 0.3) is 0 Å². The van der Waals surface area contributed by atoms with E-state index < -0.39 is 0 Å². The largest absolute Gasteiger partial charge is 0.464 e. The van der Waals surface area contributed by atoms with Gasteiger partial charge < -0.3 is 10.1 Å². The average Bonchev–Trinajstić information content (AvgIpc) is 2.71. The Balaban J connectivity index is 2.04. The fourth-order valence-corrected chi connectivity index (χ4v) is 2.30. The van der Waals surface area contributed by atoms with E-state index in [0.29, 0.717) is 11.6 Å². The highest BCUT2D eigenvalue weighted by Crippen LogP contribution is 2.17. The van der Waals surface area contributed by atoms with Gasteiger partial charge in [-0.05, 0) is 44.3 Å². The normalized spacial score (nSPS) is 20.2. The third-order valence-electron chi connectivity index (χ3n) is 3.27. The molecule has 2 rings (SSSR count). The predicted octanol–water partition coefficient (Wildman–Crippen LogP) is 0.749. The summed E-state index contributed by atoms with van der Waals surface area (Å²) in [5, 5.41) is 7.56. The Hall–Kier alpha value is -1.36. The lowest BCUT2D eigenvalue weighted by molar-refractivity contribution is 0.0593. The molecule has 0 aliphatic carbocycles. The molecule has 1 aromatic rings. The van der Waals surface area contributed by atoms with Gasteiger partial charge >= 0.3 is 5.97 Å². The minimum atomic E-state index is -0.367. The molecule has 94 valence electrons. The van der Waals surface area contributed by atoms with Crippen molar-refractivity contribution in [1.82, 2.24) is 15.1 Å². The van der Waals surface area contributed by atoms with E-state index in [9.17, 15) is 4.79 Å². The van der Waals surface area contributed by atoms with Crippen LogP contribution in [0.4, 0.5) is 0 Å². The molecule has 2 heterocycles. The van der Waals surface area contributed by atoms with Crippen LogP contribution >= 0.6 is 0 Å². The lowest BCUT2D eigenvalue weighted by Crippen LogP contribution is -2.31. The lowest BCUT2D eigenvalue weighted by Gasteiger charge is -2.22. The van der Waals surface area contributed by atoms with E-state index in [1.807, 2.05) is 13.1 Å². The van der Waals surface area contributed by atoms with E-state index >= 15 is 0 Å². The second-order valence-electron chi connectivity index (χ2n) is 4.55. The number of rotatable bonds is 3. The molecule has 1 N–H and O–H groups in total. The molecular formula is C12H19N3O2. The monoisotopic (exact) mass is 237 g/mol. The number of methoxy groups -OCH3 is 1. The second kappa shape index (κ2) is 5.31. The molecule has 1 saturated heterocycles. The van der Waals surface area contributed by atoms with E-state index in [1.54, 1.807) is 4.68 Å². The van der Waals surface area contributed by atoms with Crippen LogP contribution in [0.2, 0.25) is 0 Å². The van der Waals surface area contributed by atoms with Gasteiger partial charge in [-0.15, -0.1) is 0 Å². The van der Waals surface area contributed by atoms with Gasteiger partial charge in [-0.1, -0.05) is 0 Å². The molecule has 5 heteroatoms.